The van der Waals surface area contributed by atoms with Crippen molar-refractivity contribution in [1.29, 1.82) is 0 Å². The molecule has 3 aromatic rings. The maximum absolute atomic E-state index is 13.0. The van der Waals surface area contributed by atoms with E-state index in [9.17, 15) is 19.5 Å². The summed E-state index contributed by atoms with van der Waals surface area (Å²) in [6, 6.07) is -0.920. The van der Waals surface area contributed by atoms with Crippen LogP contribution in [0.2, 0.25) is 0 Å². The minimum atomic E-state index is -1.21. The van der Waals surface area contributed by atoms with Crippen molar-refractivity contribution >= 4 is 74.0 Å². The lowest BCUT2D eigenvalue weighted by atomic mass is 10.0. The summed E-state index contributed by atoms with van der Waals surface area (Å²) in [6.45, 7) is 1.94. The van der Waals surface area contributed by atoms with E-state index >= 15 is 0 Å². The average Bonchev–Trinajstić information content (AvgIpc) is 3.56. The number of aliphatic carboxylic acids is 1. The van der Waals surface area contributed by atoms with Crippen molar-refractivity contribution in [3.05, 3.63) is 52.0 Å². The first-order valence-corrected chi connectivity index (χ1v) is 13.9. The predicted molar refractivity (Wildman–Crippen MR) is 140 cm³/mol. The molecule has 0 aromatic carbocycles. The summed E-state index contributed by atoms with van der Waals surface area (Å²) in [5.41, 5.74) is 7.12. The zero-order valence-corrected chi connectivity index (χ0v) is 22.1. The minimum absolute atomic E-state index is 0.0875. The first-order valence-electron chi connectivity index (χ1n) is 11.0. The van der Waals surface area contributed by atoms with E-state index in [0.717, 1.165) is 21.9 Å². The second-order valence-corrected chi connectivity index (χ2v) is 11.0. The van der Waals surface area contributed by atoms with Gasteiger partial charge in [0.1, 0.15) is 41.3 Å². The minimum Gasteiger partial charge on any atom is -0.477 e. The molecular weight excluding hydrogens is 538 g/mol. The number of allylic oxidation sites excluding steroid dienone is 1. The fraction of sp³-hybridized carbons (Fsp3) is 0.273. The third kappa shape index (κ3) is 4.60. The van der Waals surface area contributed by atoms with Crippen molar-refractivity contribution in [2.75, 3.05) is 18.1 Å². The summed E-state index contributed by atoms with van der Waals surface area (Å²) in [5.74, 6) is -2.03. The van der Waals surface area contributed by atoms with Crippen LogP contribution < -0.4 is 15.6 Å². The molecule has 37 heavy (non-hydrogen) atoms. The number of hydrogen-bond acceptors (Lipinski definition) is 10. The van der Waals surface area contributed by atoms with E-state index in [1.54, 1.807) is 29.7 Å². The molecule has 0 radical (unpaired) electrons. The molecule has 1 saturated heterocycles. The third-order valence-electron chi connectivity index (χ3n) is 5.63. The zero-order valence-electron chi connectivity index (χ0n) is 19.7. The van der Waals surface area contributed by atoms with Gasteiger partial charge in [0.15, 0.2) is 10.8 Å². The van der Waals surface area contributed by atoms with Crippen LogP contribution in [0.4, 0.5) is 5.13 Å². The van der Waals surface area contributed by atoms with Gasteiger partial charge in [-0.15, -0.1) is 23.1 Å². The topological polar surface area (TPSA) is 156 Å². The Labute approximate surface area is 222 Å². The Morgan fingerprint density at radius 1 is 1.38 bits per heavy atom. The van der Waals surface area contributed by atoms with Gasteiger partial charge in [-0.3, -0.25) is 14.5 Å². The van der Waals surface area contributed by atoms with Crippen LogP contribution in [-0.4, -0.2) is 66.7 Å². The highest BCUT2D eigenvalue weighted by Gasteiger charge is 2.54. The van der Waals surface area contributed by atoms with Crippen molar-refractivity contribution in [2.45, 2.75) is 18.3 Å². The summed E-state index contributed by atoms with van der Waals surface area (Å²) >= 11 is 4.09. The Morgan fingerprint density at radius 2 is 2.19 bits per heavy atom. The maximum atomic E-state index is 13.0. The lowest BCUT2D eigenvalue weighted by Crippen LogP contribution is -2.71. The van der Waals surface area contributed by atoms with Gasteiger partial charge in [-0.25, -0.2) is 14.3 Å². The van der Waals surface area contributed by atoms with E-state index in [0.29, 0.717) is 11.3 Å². The number of carbonyl (C=O) groups is 3. The smallest absolute Gasteiger partial charge is 0.352 e. The number of nitrogens with two attached hydrogens (primary N) is 1. The molecule has 2 aliphatic rings. The van der Waals surface area contributed by atoms with Crippen molar-refractivity contribution in [3.63, 3.8) is 0 Å². The molecule has 5 heterocycles. The lowest BCUT2D eigenvalue weighted by molar-refractivity contribution is -0.669. The molecule has 0 aliphatic carbocycles. The number of anilines is 1. The van der Waals surface area contributed by atoms with Gasteiger partial charge in [-0.05, 0) is 18.6 Å². The van der Waals surface area contributed by atoms with E-state index < -0.39 is 29.2 Å². The lowest BCUT2D eigenvalue weighted by Gasteiger charge is -2.49. The van der Waals surface area contributed by atoms with E-state index in [1.807, 2.05) is 40.0 Å². The van der Waals surface area contributed by atoms with Crippen molar-refractivity contribution < 1.29 is 28.9 Å². The number of fused-ring (bicyclic) bond motifs is 2. The molecule has 12 nitrogen and oxygen atoms in total. The Kier molecular flexibility index (Phi) is 6.74. The monoisotopic (exact) mass is 560 g/mol. The number of nitrogens with zero attached hydrogens (tertiary/aromatic N) is 5. The molecule has 2 aliphatic heterocycles. The SMILES string of the molecule is CCO/N=C(\C(=O)N[C@@H]1C(=O)N2C(C(=O)O)=C(/C=C/c3csc4c[n+](C)cn34)CS[C@H]12)c1csc(N)n1. The molecular formula is C22H22N7O5S3+. The largest absolute Gasteiger partial charge is 0.477 e. The second-order valence-electron chi connectivity index (χ2n) is 8.08. The van der Waals surface area contributed by atoms with E-state index in [1.165, 1.54) is 16.7 Å². The summed E-state index contributed by atoms with van der Waals surface area (Å²) < 4.78 is 3.94. The normalized spacial score (nSPS) is 19.9. The Morgan fingerprint density at radius 3 is 2.89 bits per heavy atom. The van der Waals surface area contributed by atoms with Crippen molar-refractivity contribution in [1.82, 2.24) is 19.6 Å². The zero-order chi connectivity index (χ0) is 26.3. The van der Waals surface area contributed by atoms with Crippen LogP contribution in [0.3, 0.4) is 0 Å². The molecule has 4 N–H and O–H groups in total. The molecule has 0 saturated carbocycles. The summed E-state index contributed by atoms with van der Waals surface area (Å²) in [4.78, 5) is 49.6. The van der Waals surface area contributed by atoms with E-state index in [-0.39, 0.29) is 28.8 Å². The van der Waals surface area contributed by atoms with Gasteiger partial charge in [-0.1, -0.05) is 22.6 Å². The number of aryl methyl sites for hydroxylation is 1. The molecule has 192 valence electrons. The molecule has 0 unspecified atom stereocenters. The number of β-lactam (4-membered cyclic amide) rings is 1. The molecule has 0 spiro atoms. The highest BCUT2D eigenvalue weighted by molar-refractivity contribution is 8.00. The Bertz CT molecular complexity index is 1500. The standard InChI is InChI=1S/C22H21N7O5S3/c1-3-34-26-15(13-9-37-22(23)24-13)18(30)25-16-19(31)29-17(21(32)33)11(7-36-20(16)29)4-5-12-8-35-14-6-27(2)10-28(12)14/h4-6,8-10,16,20H,3,7H2,1-2H3,(H3-,23,24,25,30,32,33)/p+1/b5-4+,26-15-/t16-,20-/m1/s1. The first-order chi connectivity index (χ1) is 17.8. The van der Waals surface area contributed by atoms with Crippen LogP contribution in [0.5, 0.6) is 0 Å². The van der Waals surface area contributed by atoms with Crippen LogP contribution in [0.25, 0.3) is 10.9 Å². The van der Waals surface area contributed by atoms with Crippen molar-refractivity contribution in [3.8, 4) is 0 Å². The average molecular weight is 561 g/mol. The van der Waals surface area contributed by atoms with Crippen LogP contribution >= 0.6 is 34.4 Å². The number of nitrogen functional groups attached to an aromatic ring is 1. The molecule has 1 fully saturated rings. The van der Waals surface area contributed by atoms with Gasteiger partial charge in [0.2, 0.25) is 11.2 Å². The number of thiazole rings is 2. The van der Waals surface area contributed by atoms with Gasteiger partial charge >= 0.3 is 5.97 Å². The van der Waals surface area contributed by atoms with Gasteiger partial charge < -0.3 is 21.0 Å². The Hall–Kier alpha value is -3.69. The molecule has 0 bridgehead atoms. The number of carboxylic acid groups (broad SMARTS) is 1. The van der Waals surface area contributed by atoms with Gasteiger partial charge in [0.05, 0.1) is 7.05 Å². The number of rotatable bonds is 8. The number of hydrogen-bond donors (Lipinski definition) is 3. The third-order valence-corrected chi connectivity index (χ3v) is 8.51. The quantitative estimate of drug-likeness (QED) is 0.160. The highest BCUT2D eigenvalue weighted by atomic mass is 32.2. The number of carbonyl (C=O) groups excluding carboxylic acids is 2. The number of amides is 2. The number of imidazole rings is 1. The molecule has 3 aromatic heterocycles. The maximum Gasteiger partial charge on any atom is 0.352 e. The van der Waals surface area contributed by atoms with Gasteiger partial charge in [0.25, 0.3) is 11.8 Å². The fourth-order valence-electron chi connectivity index (χ4n) is 3.98. The summed E-state index contributed by atoms with van der Waals surface area (Å²) in [5, 5.41) is 19.7. The molecule has 15 heteroatoms. The number of nitrogens with one attached hydrogen (secondary N) is 1. The fourth-order valence-corrected chi connectivity index (χ4v) is 6.78. The molecule has 2 atom stereocenters. The first kappa shape index (κ1) is 25.0. The van der Waals surface area contributed by atoms with Crippen LogP contribution in [0, 0.1) is 0 Å². The van der Waals surface area contributed by atoms with Gasteiger partial charge in [0, 0.05) is 16.5 Å². The number of aromatic nitrogens is 3. The number of thioether (sulfide) groups is 1. The second kappa shape index (κ2) is 9.99. The molecule has 2 amide bonds. The van der Waals surface area contributed by atoms with Gasteiger partial charge in [-0.2, -0.15) is 4.40 Å². The highest BCUT2D eigenvalue weighted by Crippen LogP contribution is 2.41. The predicted octanol–water partition coefficient (Wildman–Crippen LogP) is 1.06. The number of carboxylic acids is 1. The van der Waals surface area contributed by atoms with Crippen LogP contribution in [0.1, 0.15) is 18.3 Å². The van der Waals surface area contributed by atoms with E-state index in [2.05, 4.69) is 15.5 Å². The van der Waals surface area contributed by atoms with Crippen LogP contribution in [0.15, 0.2) is 45.8 Å². The number of oxime groups is 1. The van der Waals surface area contributed by atoms with Crippen molar-refractivity contribution in [2.24, 2.45) is 12.2 Å². The Balaban J connectivity index is 1.36. The summed E-state index contributed by atoms with van der Waals surface area (Å²) in [7, 11) is 1.93. The van der Waals surface area contributed by atoms with E-state index in [4.69, 9.17) is 10.6 Å². The summed E-state index contributed by atoms with van der Waals surface area (Å²) in [6.07, 6.45) is 7.49. The van der Waals surface area contributed by atoms with Crippen LogP contribution in [-0.2, 0) is 26.3 Å². The molecule has 5 rings (SSSR count).